The Hall–Kier alpha value is -0.770. The molecule has 1 aromatic heterocycles. The smallest absolute Gasteiger partial charge is 0.143 e. The van der Waals surface area contributed by atoms with Gasteiger partial charge in [0.05, 0.1) is 5.75 Å². The van der Waals surface area contributed by atoms with Gasteiger partial charge in [-0.15, -0.1) is 0 Å². The molecular formula is C10H16N2OS. The van der Waals surface area contributed by atoms with Crippen molar-refractivity contribution in [2.24, 2.45) is 7.05 Å². The van der Waals surface area contributed by atoms with E-state index in [2.05, 4.69) is 12.0 Å². The molecular weight excluding hydrogens is 196 g/mol. The summed E-state index contributed by atoms with van der Waals surface area (Å²) in [6.45, 7) is 2.07. The molecule has 0 amide bonds. The summed E-state index contributed by atoms with van der Waals surface area (Å²) in [5, 5.41) is 4.06. The van der Waals surface area contributed by atoms with Crippen LogP contribution in [0.15, 0.2) is 12.3 Å². The number of Topliss-reactive ketones (excluding diaryl/α,β-unsaturated/α-hetero) is 1. The molecule has 4 heteroatoms. The molecule has 0 saturated heterocycles. The number of rotatable bonds is 6. The Morgan fingerprint density at radius 1 is 1.64 bits per heavy atom. The molecule has 0 aliphatic heterocycles. The van der Waals surface area contributed by atoms with E-state index in [1.54, 1.807) is 18.0 Å². The summed E-state index contributed by atoms with van der Waals surface area (Å²) in [5.41, 5.74) is 1.12. The fraction of sp³-hybridized carbons (Fsp3) is 0.600. The van der Waals surface area contributed by atoms with E-state index in [0.29, 0.717) is 18.0 Å². The van der Waals surface area contributed by atoms with Gasteiger partial charge in [0, 0.05) is 25.4 Å². The molecule has 1 heterocycles. The van der Waals surface area contributed by atoms with E-state index in [0.717, 1.165) is 17.9 Å². The van der Waals surface area contributed by atoms with Crippen LogP contribution in [0.5, 0.6) is 0 Å². The first-order valence-electron chi connectivity index (χ1n) is 4.80. The van der Waals surface area contributed by atoms with Gasteiger partial charge in [-0.2, -0.15) is 16.9 Å². The van der Waals surface area contributed by atoms with Crippen LogP contribution in [0.3, 0.4) is 0 Å². The number of hydrogen-bond acceptors (Lipinski definition) is 3. The highest BCUT2D eigenvalue weighted by molar-refractivity contribution is 7.99. The van der Waals surface area contributed by atoms with E-state index in [1.165, 1.54) is 0 Å². The molecule has 0 radical (unpaired) electrons. The minimum absolute atomic E-state index is 0.332. The Morgan fingerprint density at radius 3 is 3.00 bits per heavy atom. The summed E-state index contributed by atoms with van der Waals surface area (Å²) in [6, 6.07) is 1.96. The van der Waals surface area contributed by atoms with Crippen LogP contribution < -0.4 is 0 Å². The fourth-order valence-electron chi connectivity index (χ4n) is 1.20. The average Bonchev–Trinajstić information content (AvgIpc) is 2.58. The number of hydrogen-bond donors (Lipinski definition) is 0. The molecule has 1 rings (SSSR count). The Bertz CT molecular complexity index is 296. The van der Waals surface area contributed by atoms with Gasteiger partial charge in [-0.05, 0) is 18.2 Å². The molecule has 14 heavy (non-hydrogen) atoms. The first-order valence-corrected chi connectivity index (χ1v) is 5.95. The van der Waals surface area contributed by atoms with E-state index in [-0.39, 0.29) is 0 Å². The molecule has 0 bridgehead atoms. The van der Waals surface area contributed by atoms with Crippen LogP contribution in [-0.4, -0.2) is 27.1 Å². The standard InChI is InChI=1S/C10H16N2OS/c1-3-14-8-10(13)5-4-9-6-7-11-12(9)2/h6-7H,3-5,8H2,1-2H3. The van der Waals surface area contributed by atoms with Crippen LogP contribution >= 0.6 is 11.8 Å². The summed E-state index contributed by atoms with van der Waals surface area (Å²) < 4.78 is 1.82. The van der Waals surface area contributed by atoms with Crippen molar-refractivity contribution >= 4 is 17.5 Å². The monoisotopic (exact) mass is 212 g/mol. The molecule has 0 spiro atoms. The summed E-state index contributed by atoms with van der Waals surface area (Å²) in [4.78, 5) is 11.4. The largest absolute Gasteiger partial charge is 0.299 e. The van der Waals surface area contributed by atoms with Crippen molar-refractivity contribution in [1.82, 2.24) is 9.78 Å². The molecule has 0 atom stereocenters. The maximum absolute atomic E-state index is 11.4. The van der Waals surface area contributed by atoms with Crippen molar-refractivity contribution < 1.29 is 4.79 Å². The number of thioether (sulfide) groups is 1. The number of aromatic nitrogens is 2. The topological polar surface area (TPSA) is 34.9 Å². The molecule has 0 fully saturated rings. The van der Waals surface area contributed by atoms with Crippen LogP contribution in [0.2, 0.25) is 0 Å². The van der Waals surface area contributed by atoms with Gasteiger partial charge >= 0.3 is 0 Å². The van der Waals surface area contributed by atoms with Gasteiger partial charge in [0.2, 0.25) is 0 Å². The van der Waals surface area contributed by atoms with Crippen molar-refractivity contribution in [3.05, 3.63) is 18.0 Å². The molecule has 0 aromatic carbocycles. The molecule has 1 aromatic rings. The quantitative estimate of drug-likeness (QED) is 0.719. The van der Waals surface area contributed by atoms with Gasteiger partial charge < -0.3 is 0 Å². The van der Waals surface area contributed by atoms with Gasteiger partial charge in [-0.3, -0.25) is 9.48 Å². The van der Waals surface area contributed by atoms with E-state index < -0.39 is 0 Å². The Balaban J connectivity index is 2.27. The lowest BCUT2D eigenvalue weighted by Crippen LogP contribution is -2.06. The predicted molar refractivity (Wildman–Crippen MR) is 59.5 cm³/mol. The Morgan fingerprint density at radius 2 is 2.43 bits per heavy atom. The highest BCUT2D eigenvalue weighted by Crippen LogP contribution is 2.05. The van der Waals surface area contributed by atoms with Gasteiger partial charge in [-0.1, -0.05) is 6.92 Å². The first kappa shape index (κ1) is 11.3. The van der Waals surface area contributed by atoms with E-state index in [1.807, 2.05) is 17.8 Å². The van der Waals surface area contributed by atoms with Crippen LogP contribution in [0.1, 0.15) is 19.0 Å². The zero-order chi connectivity index (χ0) is 10.4. The van der Waals surface area contributed by atoms with Crippen LogP contribution in [0.25, 0.3) is 0 Å². The summed E-state index contributed by atoms with van der Waals surface area (Å²) in [5.74, 6) is 1.99. The third-order valence-corrected chi connectivity index (χ3v) is 2.98. The molecule has 78 valence electrons. The third-order valence-electron chi connectivity index (χ3n) is 2.05. The summed E-state index contributed by atoms with van der Waals surface area (Å²) in [6.07, 6.45) is 3.20. The molecule has 0 saturated carbocycles. The zero-order valence-electron chi connectivity index (χ0n) is 8.69. The lowest BCUT2D eigenvalue weighted by atomic mass is 10.2. The van der Waals surface area contributed by atoms with Crippen LogP contribution in [0, 0.1) is 0 Å². The van der Waals surface area contributed by atoms with E-state index in [9.17, 15) is 4.79 Å². The minimum atomic E-state index is 0.332. The lowest BCUT2D eigenvalue weighted by Gasteiger charge is -2.01. The van der Waals surface area contributed by atoms with Crippen molar-refractivity contribution in [2.45, 2.75) is 19.8 Å². The maximum Gasteiger partial charge on any atom is 0.143 e. The fourth-order valence-corrected chi connectivity index (χ4v) is 1.78. The molecule has 0 N–H and O–H groups in total. The van der Waals surface area contributed by atoms with Gasteiger partial charge in [0.1, 0.15) is 5.78 Å². The van der Waals surface area contributed by atoms with Gasteiger partial charge in [0.15, 0.2) is 0 Å². The molecule has 0 aliphatic carbocycles. The van der Waals surface area contributed by atoms with Crippen molar-refractivity contribution in [3.63, 3.8) is 0 Å². The maximum atomic E-state index is 11.4. The predicted octanol–water partition coefficient (Wildman–Crippen LogP) is 1.67. The SMILES string of the molecule is CCSCC(=O)CCc1ccnn1C. The molecule has 0 unspecified atom stereocenters. The second-order valence-corrected chi connectivity index (χ2v) is 4.40. The highest BCUT2D eigenvalue weighted by Gasteiger charge is 2.04. The third kappa shape index (κ3) is 3.54. The number of carbonyl (C=O) groups excluding carboxylic acids is 1. The zero-order valence-corrected chi connectivity index (χ0v) is 9.51. The van der Waals surface area contributed by atoms with Crippen molar-refractivity contribution in [2.75, 3.05) is 11.5 Å². The molecule has 0 aliphatic rings. The van der Waals surface area contributed by atoms with E-state index >= 15 is 0 Å². The number of carbonyl (C=O) groups is 1. The van der Waals surface area contributed by atoms with Crippen LogP contribution in [-0.2, 0) is 18.3 Å². The first-order chi connectivity index (χ1) is 6.74. The number of ketones is 1. The summed E-state index contributed by atoms with van der Waals surface area (Å²) in [7, 11) is 1.90. The second kappa shape index (κ2) is 5.86. The minimum Gasteiger partial charge on any atom is -0.299 e. The van der Waals surface area contributed by atoms with E-state index in [4.69, 9.17) is 0 Å². The van der Waals surface area contributed by atoms with Crippen molar-refractivity contribution in [1.29, 1.82) is 0 Å². The summed E-state index contributed by atoms with van der Waals surface area (Å²) >= 11 is 1.69. The number of nitrogens with zero attached hydrogens (tertiary/aromatic N) is 2. The van der Waals surface area contributed by atoms with Gasteiger partial charge in [-0.25, -0.2) is 0 Å². The Labute approximate surface area is 88.9 Å². The van der Waals surface area contributed by atoms with Crippen molar-refractivity contribution in [3.8, 4) is 0 Å². The lowest BCUT2D eigenvalue weighted by molar-refractivity contribution is -0.116. The van der Waals surface area contributed by atoms with Gasteiger partial charge in [0.25, 0.3) is 0 Å². The highest BCUT2D eigenvalue weighted by atomic mass is 32.2. The molecule has 3 nitrogen and oxygen atoms in total. The van der Waals surface area contributed by atoms with Crippen LogP contribution in [0.4, 0.5) is 0 Å². The second-order valence-electron chi connectivity index (χ2n) is 3.12. The number of aryl methyl sites for hydroxylation is 2. The Kier molecular flexibility index (Phi) is 4.73. The average molecular weight is 212 g/mol. The normalized spacial score (nSPS) is 10.4.